The van der Waals surface area contributed by atoms with Gasteiger partial charge < -0.3 is 5.32 Å². The smallest absolute Gasteiger partial charge is 0.273 e. The Morgan fingerprint density at radius 3 is 2.43 bits per heavy atom. The van der Waals surface area contributed by atoms with Crippen molar-refractivity contribution in [1.82, 2.24) is 25.4 Å². The Labute approximate surface area is 134 Å². The van der Waals surface area contributed by atoms with Gasteiger partial charge in [-0.05, 0) is 32.4 Å². The molecule has 0 radical (unpaired) electrons. The zero-order chi connectivity index (χ0) is 16.9. The Morgan fingerprint density at radius 1 is 1.13 bits per heavy atom. The van der Waals surface area contributed by atoms with E-state index in [1.54, 1.807) is 31.2 Å². The van der Waals surface area contributed by atoms with E-state index in [0.717, 1.165) is 5.56 Å². The number of aryl methyl sites for hydroxylation is 2. The van der Waals surface area contributed by atoms with Gasteiger partial charge >= 0.3 is 0 Å². The zero-order valence-corrected chi connectivity index (χ0v) is 13.8. The molecular weight excluding hydrogens is 318 g/mol. The number of carbonyl (C=O) groups excluding carboxylic acids is 1. The predicted molar refractivity (Wildman–Crippen MR) is 84.4 cm³/mol. The van der Waals surface area contributed by atoms with E-state index >= 15 is 0 Å². The predicted octanol–water partition coefficient (Wildman–Crippen LogP) is 0.520. The van der Waals surface area contributed by atoms with E-state index < -0.39 is 10.0 Å². The van der Waals surface area contributed by atoms with Gasteiger partial charge in [0.25, 0.3) is 5.91 Å². The van der Waals surface area contributed by atoms with E-state index in [1.165, 1.54) is 0 Å². The van der Waals surface area contributed by atoms with Crippen molar-refractivity contribution in [2.75, 3.05) is 13.1 Å². The Hall–Kier alpha value is -2.26. The molecule has 23 heavy (non-hydrogen) atoms. The van der Waals surface area contributed by atoms with Gasteiger partial charge in [0.1, 0.15) is 0 Å². The lowest BCUT2D eigenvalue weighted by Gasteiger charge is -2.07. The van der Waals surface area contributed by atoms with Gasteiger partial charge in [-0.3, -0.25) is 4.79 Å². The first-order chi connectivity index (χ1) is 10.9. The molecule has 8 nitrogen and oxygen atoms in total. The summed E-state index contributed by atoms with van der Waals surface area (Å²) in [5.41, 5.74) is 1.75. The number of nitrogens with one attached hydrogen (secondary N) is 3. The Bertz CT molecular complexity index is 768. The number of amides is 1. The van der Waals surface area contributed by atoms with Crippen LogP contribution in [0.2, 0.25) is 0 Å². The van der Waals surface area contributed by atoms with E-state index in [2.05, 4.69) is 25.4 Å². The second-order valence-corrected chi connectivity index (χ2v) is 6.84. The average molecular weight is 337 g/mol. The average Bonchev–Trinajstić information content (AvgIpc) is 2.93. The number of rotatable bonds is 7. The van der Waals surface area contributed by atoms with Crippen molar-refractivity contribution < 1.29 is 13.2 Å². The number of carbonyl (C=O) groups is 1. The number of benzene rings is 1. The molecule has 1 amide bonds. The molecule has 124 valence electrons. The second kappa shape index (κ2) is 7.34. The monoisotopic (exact) mass is 337 g/mol. The molecule has 1 heterocycles. The molecule has 0 aliphatic carbocycles. The highest BCUT2D eigenvalue weighted by Gasteiger charge is 2.14. The molecule has 0 saturated heterocycles. The summed E-state index contributed by atoms with van der Waals surface area (Å²) in [6, 6.07) is 6.61. The van der Waals surface area contributed by atoms with E-state index in [1.807, 2.05) is 6.92 Å². The lowest BCUT2D eigenvalue weighted by atomic mass is 10.2. The van der Waals surface area contributed by atoms with E-state index in [4.69, 9.17) is 0 Å². The molecule has 0 bridgehead atoms. The molecule has 1 aromatic heterocycles. The lowest BCUT2D eigenvalue weighted by Crippen LogP contribution is -2.30. The number of nitrogens with zero attached hydrogens (tertiary/aromatic N) is 2. The molecule has 0 spiro atoms. The molecule has 2 rings (SSSR count). The van der Waals surface area contributed by atoms with Gasteiger partial charge in [-0.15, -0.1) is 0 Å². The van der Waals surface area contributed by atoms with Crippen molar-refractivity contribution in [2.24, 2.45) is 0 Å². The van der Waals surface area contributed by atoms with Crippen LogP contribution < -0.4 is 10.0 Å². The van der Waals surface area contributed by atoms with Gasteiger partial charge in [0.15, 0.2) is 5.69 Å². The van der Waals surface area contributed by atoms with Crippen LogP contribution in [-0.4, -0.2) is 42.8 Å². The minimum atomic E-state index is -3.52. The number of sulfonamides is 1. The van der Waals surface area contributed by atoms with Crippen molar-refractivity contribution in [1.29, 1.82) is 0 Å². The van der Waals surface area contributed by atoms with Gasteiger partial charge in [0.05, 0.1) is 10.6 Å². The van der Waals surface area contributed by atoms with Crippen molar-refractivity contribution in [3.63, 3.8) is 0 Å². The summed E-state index contributed by atoms with van der Waals surface area (Å²) in [7, 11) is -3.52. The normalized spacial score (nSPS) is 11.4. The van der Waals surface area contributed by atoms with Crippen LogP contribution in [0.15, 0.2) is 29.2 Å². The SMILES string of the molecule is Cc1ccc(S(=O)(=O)NCCCNC(=O)c2n[nH]nc2C)cc1. The molecule has 0 unspecified atom stereocenters. The Kier molecular flexibility index (Phi) is 5.45. The standard InChI is InChI=1S/C14H19N5O3S/c1-10-4-6-12(7-5-10)23(21,22)16-9-3-8-15-14(20)13-11(2)17-19-18-13/h4-7,16H,3,8-9H2,1-2H3,(H,15,20)(H,17,18,19). The van der Waals surface area contributed by atoms with Crippen molar-refractivity contribution >= 4 is 15.9 Å². The third-order valence-electron chi connectivity index (χ3n) is 3.20. The molecule has 0 atom stereocenters. The van der Waals surface area contributed by atoms with Crippen molar-refractivity contribution in [3.8, 4) is 0 Å². The van der Waals surface area contributed by atoms with Crippen molar-refractivity contribution in [2.45, 2.75) is 25.2 Å². The first-order valence-electron chi connectivity index (χ1n) is 7.12. The highest BCUT2D eigenvalue weighted by Crippen LogP contribution is 2.09. The first-order valence-corrected chi connectivity index (χ1v) is 8.60. The molecule has 0 fully saturated rings. The largest absolute Gasteiger partial charge is 0.351 e. The minimum absolute atomic E-state index is 0.227. The van der Waals surface area contributed by atoms with Crippen LogP contribution in [0.4, 0.5) is 0 Å². The molecule has 3 N–H and O–H groups in total. The molecule has 2 aromatic rings. The van der Waals surface area contributed by atoms with Gasteiger partial charge in [0.2, 0.25) is 10.0 Å². The van der Waals surface area contributed by atoms with Crippen LogP contribution >= 0.6 is 0 Å². The quantitative estimate of drug-likeness (QED) is 0.637. The second-order valence-electron chi connectivity index (χ2n) is 5.08. The number of aromatic nitrogens is 3. The third-order valence-corrected chi connectivity index (χ3v) is 4.68. The van der Waals surface area contributed by atoms with Gasteiger partial charge in [0, 0.05) is 13.1 Å². The van der Waals surface area contributed by atoms with E-state index in [9.17, 15) is 13.2 Å². The molecule has 0 aliphatic heterocycles. The summed E-state index contributed by atoms with van der Waals surface area (Å²) < 4.78 is 26.6. The Morgan fingerprint density at radius 2 is 1.83 bits per heavy atom. The number of aromatic amines is 1. The summed E-state index contributed by atoms with van der Waals surface area (Å²) in [5.74, 6) is -0.336. The molecule has 1 aromatic carbocycles. The lowest BCUT2D eigenvalue weighted by molar-refractivity contribution is 0.0947. The van der Waals surface area contributed by atoms with Crippen LogP contribution in [0.1, 0.15) is 28.2 Å². The summed E-state index contributed by atoms with van der Waals surface area (Å²) in [6.07, 6.45) is 0.466. The van der Waals surface area contributed by atoms with Gasteiger partial charge in [-0.25, -0.2) is 13.1 Å². The van der Waals surface area contributed by atoms with Crippen LogP contribution in [0.25, 0.3) is 0 Å². The highest BCUT2D eigenvalue weighted by molar-refractivity contribution is 7.89. The fourth-order valence-corrected chi connectivity index (χ4v) is 2.95. The number of hydrogen-bond acceptors (Lipinski definition) is 5. The summed E-state index contributed by atoms with van der Waals surface area (Å²) in [5, 5.41) is 12.5. The topological polar surface area (TPSA) is 117 Å². The summed E-state index contributed by atoms with van der Waals surface area (Å²) in [6.45, 7) is 4.13. The van der Waals surface area contributed by atoms with Gasteiger partial charge in [-0.1, -0.05) is 17.7 Å². The summed E-state index contributed by atoms with van der Waals surface area (Å²) >= 11 is 0. The minimum Gasteiger partial charge on any atom is -0.351 e. The fourth-order valence-electron chi connectivity index (χ4n) is 1.88. The maximum Gasteiger partial charge on any atom is 0.273 e. The maximum atomic E-state index is 12.1. The molecular formula is C14H19N5O3S. The van der Waals surface area contributed by atoms with Gasteiger partial charge in [-0.2, -0.15) is 15.4 Å². The number of hydrogen-bond donors (Lipinski definition) is 3. The van der Waals surface area contributed by atoms with Crippen LogP contribution in [-0.2, 0) is 10.0 Å². The fraction of sp³-hybridized carbons (Fsp3) is 0.357. The third kappa shape index (κ3) is 4.60. The first kappa shape index (κ1) is 17.1. The van der Waals surface area contributed by atoms with Crippen molar-refractivity contribution in [3.05, 3.63) is 41.2 Å². The van der Waals surface area contributed by atoms with E-state index in [-0.39, 0.29) is 23.0 Å². The maximum absolute atomic E-state index is 12.1. The number of H-pyrrole nitrogens is 1. The van der Waals surface area contributed by atoms with E-state index in [0.29, 0.717) is 18.7 Å². The molecule has 0 saturated carbocycles. The Balaban J connectivity index is 1.76. The highest BCUT2D eigenvalue weighted by atomic mass is 32.2. The summed E-state index contributed by atoms with van der Waals surface area (Å²) in [4.78, 5) is 12.0. The molecule has 9 heteroatoms. The molecule has 0 aliphatic rings. The zero-order valence-electron chi connectivity index (χ0n) is 13.0. The van der Waals surface area contributed by atoms with Crippen LogP contribution in [0, 0.1) is 13.8 Å². The van der Waals surface area contributed by atoms with Crippen LogP contribution in [0.3, 0.4) is 0 Å². The van der Waals surface area contributed by atoms with Crippen LogP contribution in [0.5, 0.6) is 0 Å².